The van der Waals surface area contributed by atoms with Gasteiger partial charge in [-0.2, -0.15) is 0 Å². The van der Waals surface area contributed by atoms with Crippen molar-refractivity contribution in [2.45, 2.75) is 25.5 Å². The zero-order valence-electron chi connectivity index (χ0n) is 13.3. The third-order valence-corrected chi connectivity index (χ3v) is 4.99. The van der Waals surface area contributed by atoms with Crippen molar-refractivity contribution in [1.82, 2.24) is 5.32 Å². The van der Waals surface area contributed by atoms with Crippen molar-refractivity contribution in [3.8, 4) is 0 Å². The molecule has 0 bridgehead atoms. The fraction of sp³-hybridized carbons (Fsp3) is 0.316. The lowest BCUT2D eigenvalue weighted by molar-refractivity contribution is -0.118. The lowest BCUT2D eigenvalue weighted by atomic mass is 10.1. The van der Waals surface area contributed by atoms with E-state index in [4.69, 9.17) is 0 Å². The van der Waals surface area contributed by atoms with E-state index in [2.05, 4.69) is 64.6 Å². The quantitative estimate of drug-likeness (QED) is 0.658. The van der Waals surface area contributed by atoms with Crippen LogP contribution in [0.25, 0.3) is 0 Å². The van der Waals surface area contributed by atoms with Crippen molar-refractivity contribution in [3.63, 3.8) is 0 Å². The van der Waals surface area contributed by atoms with Crippen molar-refractivity contribution in [3.05, 3.63) is 69.7 Å². The van der Waals surface area contributed by atoms with E-state index in [0.29, 0.717) is 5.75 Å². The van der Waals surface area contributed by atoms with Crippen LogP contribution in [0.5, 0.6) is 0 Å². The molecule has 2 nitrogen and oxygen atoms in total. The van der Waals surface area contributed by atoms with Crippen LogP contribution in [0, 0.1) is 6.92 Å². The monoisotopic (exact) mass is 391 g/mol. The van der Waals surface area contributed by atoms with Gasteiger partial charge in [0, 0.05) is 16.8 Å². The summed E-state index contributed by atoms with van der Waals surface area (Å²) in [5.74, 6) is 1.50. The number of thioether (sulfide) groups is 1. The summed E-state index contributed by atoms with van der Waals surface area (Å²) in [6, 6.07) is 16.8. The molecular formula is C19H22BrNOS. The predicted octanol–water partition coefficient (Wildman–Crippen LogP) is 4.74. The first kappa shape index (κ1) is 18.1. The maximum Gasteiger partial charge on any atom is 0.230 e. The van der Waals surface area contributed by atoms with Crippen molar-refractivity contribution in [2.24, 2.45) is 0 Å². The fourth-order valence-electron chi connectivity index (χ4n) is 2.28. The maximum atomic E-state index is 11.8. The van der Waals surface area contributed by atoms with Gasteiger partial charge in [-0.3, -0.25) is 4.79 Å². The van der Waals surface area contributed by atoms with E-state index in [9.17, 15) is 4.79 Å². The summed E-state index contributed by atoms with van der Waals surface area (Å²) in [5.41, 5.74) is 3.87. The van der Waals surface area contributed by atoms with Gasteiger partial charge in [-0.05, 0) is 43.0 Å². The first-order valence-corrected chi connectivity index (χ1v) is 9.73. The minimum atomic E-state index is 0.122. The molecule has 1 N–H and O–H groups in total. The summed E-state index contributed by atoms with van der Waals surface area (Å²) in [4.78, 5) is 11.8. The molecule has 0 aliphatic heterocycles. The lowest BCUT2D eigenvalue weighted by Crippen LogP contribution is -2.26. The SMILES string of the molecule is Cc1cccc(CCCNC(=O)CSCc2ccc(Br)cc2)c1. The van der Waals surface area contributed by atoms with Gasteiger partial charge >= 0.3 is 0 Å². The van der Waals surface area contributed by atoms with E-state index < -0.39 is 0 Å². The molecule has 0 radical (unpaired) electrons. The van der Waals surface area contributed by atoms with E-state index >= 15 is 0 Å². The lowest BCUT2D eigenvalue weighted by Gasteiger charge is -2.06. The van der Waals surface area contributed by atoms with E-state index in [1.165, 1.54) is 16.7 Å². The van der Waals surface area contributed by atoms with Crippen LogP contribution in [0.4, 0.5) is 0 Å². The molecule has 0 aliphatic carbocycles. The van der Waals surface area contributed by atoms with Gasteiger partial charge in [0.2, 0.25) is 5.91 Å². The molecule has 0 aromatic heterocycles. The highest BCUT2D eigenvalue weighted by Crippen LogP contribution is 2.15. The Morgan fingerprint density at radius 3 is 2.65 bits per heavy atom. The molecule has 0 saturated heterocycles. The van der Waals surface area contributed by atoms with Gasteiger partial charge in [-0.1, -0.05) is 57.9 Å². The molecule has 2 rings (SSSR count). The number of hydrogen-bond acceptors (Lipinski definition) is 2. The summed E-state index contributed by atoms with van der Waals surface area (Å²) in [6.07, 6.45) is 1.99. The van der Waals surface area contributed by atoms with Crippen molar-refractivity contribution >= 4 is 33.6 Å². The number of carbonyl (C=O) groups is 1. The summed E-state index contributed by atoms with van der Waals surface area (Å²) < 4.78 is 1.08. The highest BCUT2D eigenvalue weighted by molar-refractivity contribution is 9.10. The first-order chi connectivity index (χ1) is 11.1. The maximum absolute atomic E-state index is 11.8. The molecule has 4 heteroatoms. The molecule has 0 heterocycles. The number of aryl methyl sites for hydroxylation is 2. The molecule has 0 atom stereocenters. The Balaban J connectivity index is 1.57. The van der Waals surface area contributed by atoms with Crippen LogP contribution in [0.2, 0.25) is 0 Å². The molecule has 0 aliphatic rings. The van der Waals surface area contributed by atoms with Gasteiger partial charge in [-0.25, -0.2) is 0 Å². The average molecular weight is 392 g/mol. The van der Waals surface area contributed by atoms with Crippen LogP contribution < -0.4 is 5.32 Å². The smallest absolute Gasteiger partial charge is 0.230 e. The number of hydrogen-bond donors (Lipinski definition) is 1. The number of benzene rings is 2. The number of carbonyl (C=O) groups excluding carboxylic acids is 1. The number of rotatable bonds is 8. The highest BCUT2D eigenvalue weighted by atomic mass is 79.9. The van der Waals surface area contributed by atoms with Crippen LogP contribution in [-0.4, -0.2) is 18.2 Å². The Morgan fingerprint density at radius 1 is 1.13 bits per heavy atom. The van der Waals surface area contributed by atoms with Crippen molar-refractivity contribution in [1.29, 1.82) is 0 Å². The van der Waals surface area contributed by atoms with Gasteiger partial charge in [0.1, 0.15) is 0 Å². The average Bonchev–Trinajstić information content (AvgIpc) is 2.54. The van der Waals surface area contributed by atoms with E-state index in [1.54, 1.807) is 11.8 Å². The van der Waals surface area contributed by atoms with Gasteiger partial charge in [0.05, 0.1) is 5.75 Å². The summed E-state index contributed by atoms with van der Waals surface area (Å²) >= 11 is 5.07. The Morgan fingerprint density at radius 2 is 1.91 bits per heavy atom. The van der Waals surface area contributed by atoms with E-state index in [-0.39, 0.29) is 5.91 Å². The molecule has 2 aromatic carbocycles. The van der Waals surface area contributed by atoms with Gasteiger partial charge < -0.3 is 5.32 Å². The van der Waals surface area contributed by atoms with Gasteiger partial charge in [-0.15, -0.1) is 11.8 Å². The normalized spacial score (nSPS) is 10.5. The van der Waals surface area contributed by atoms with Crippen LogP contribution >= 0.6 is 27.7 Å². The zero-order chi connectivity index (χ0) is 16.5. The largest absolute Gasteiger partial charge is 0.355 e. The van der Waals surface area contributed by atoms with Crippen molar-refractivity contribution < 1.29 is 4.79 Å². The second kappa shape index (κ2) is 9.78. The molecule has 2 aromatic rings. The predicted molar refractivity (Wildman–Crippen MR) is 103 cm³/mol. The second-order valence-corrected chi connectivity index (χ2v) is 7.46. The zero-order valence-corrected chi connectivity index (χ0v) is 15.8. The summed E-state index contributed by atoms with van der Waals surface area (Å²) in [6.45, 7) is 2.85. The number of amides is 1. The topological polar surface area (TPSA) is 29.1 Å². The van der Waals surface area contributed by atoms with E-state index in [0.717, 1.165) is 29.6 Å². The summed E-state index contributed by atoms with van der Waals surface area (Å²) in [7, 11) is 0. The van der Waals surface area contributed by atoms with Crippen LogP contribution in [0.3, 0.4) is 0 Å². The molecule has 23 heavy (non-hydrogen) atoms. The minimum Gasteiger partial charge on any atom is -0.355 e. The standard InChI is InChI=1S/C19H22BrNOS/c1-15-4-2-5-16(12-15)6-3-11-21-19(22)14-23-13-17-7-9-18(20)10-8-17/h2,4-5,7-10,12H,3,6,11,13-14H2,1H3,(H,21,22). The van der Waals surface area contributed by atoms with E-state index in [1.807, 2.05) is 12.1 Å². The molecule has 0 unspecified atom stereocenters. The highest BCUT2D eigenvalue weighted by Gasteiger charge is 2.02. The Bertz CT molecular complexity index is 628. The minimum absolute atomic E-state index is 0.122. The van der Waals surface area contributed by atoms with Gasteiger partial charge in [0.15, 0.2) is 0 Å². The molecule has 0 fully saturated rings. The van der Waals surface area contributed by atoms with Gasteiger partial charge in [0.25, 0.3) is 0 Å². The molecule has 0 saturated carbocycles. The third kappa shape index (κ3) is 7.23. The number of nitrogens with one attached hydrogen (secondary N) is 1. The Labute approximate surface area is 151 Å². The fourth-order valence-corrected chi connectivity index (χ4v) is 3.36. The van der Waals surface area contributed by atoms with Crippen LogP contribution in [0.15, 0.2) is 53.0 Å². The summed E-state index contributed by atoms with van der Waals surface area (Å²) in [5, 5.41) is 3.00. The first-order valence-electron chi connectivity index (χ1n) is 7.78. The van der Waals surface area contributed by atoms with Crippen molar-refractivity contribution in [2.75, 3.05) is 12.3 Å². The number of halogens is 1. The second-order valence-electron chi connectivity index (χ2n) is 5.56. The third-order valence-electron chi connectivity index (χ3n) is 3.46. The molecular weight excluding hydrogens is 370 g/mol. The molecule has 122 valence electrons. The molecule has 0 spiro atoms. The Hall–Kier alpha value is -1.26. The molecule has 1 amide bonds. The van der Waals surface area contributed by atoms with Crippen LogP contribution in [0.1, 0.15) is 23.1 Å². The van der Waals surface area contributed by atoms with Crippen LogP contribution in [-0.2, 0) is 17.0 Å². The Kier molecular flexibility index (Phi) is 7.69.